The highest BCUT2D eigenvalue weighted by Gasteiger charge is 2.09. The summed E-state index contributed by atoms with van der Waals surface area (Å²) in [6.07, 6.45) is 2.64. The third-order valence-electron chi connectivity index (χ3n) is 3.70. The molecule has 0 amide bonds. The Kier molecular flexibility index (Phi) is 8.44. The first kappa shape index (κ1) is 19.4. The van der Waals surface area contributed by atoms with Gasteiger partial charge in [0, 0.05) is 19.6 Å². The molecule has 1 aromatic carbocycles. The van der Waals surface area contributed by atoms with E-state index in [9.17, 15) is 5.11 Å². The third kappa shape index (κ3) is 7.25. The van der Waals surface area contributed by atoms with E-state index in [4.69, 9.17) is 21.7 Å². The number of thiocarbonyl (C=S) groups is 1. The highest BCUT2D eigenvalue weighted by atomic mass is 32.1. The predicted octanol–water partition coefficient (Wildman–Crippen LogP) is 1.31. The van der Waals surface area contributed by atoms with Crippen LogP contribution in [0.25, 0.3) is 0 Å². The fourth-order valence-electron chi connectivity index (χ4n) is 2.42. The summed E-state index contributed by atoms with van der Waals surface area (Å²) in [5.41, 5.74) is 3.60. The van der Waals surface area contributed by atoms with E-state index in [1.807, 2.05) is 6.92 Å². The summed E-state index contributed by atoms with van der Waals surface area (Å²) in [7, 11) is 0. The van der Waals surface area contributed by atoms with Crippen molar-refractivity contribution in [1.82, 2.24) is 15.6 Å². The van der Waals surface area contributed by atoms with Gasteiger partial charge in [-0.2, -0.15) is 5.10 Å². The van der Waals surface area contributed by atoms with Gasteiger partial charge in [-0.3, -0.25) is 10.3 Å². The maximum atomic E-state index is 9.67. The van der Waals surface area contributed by atoms with Crippen LogP contribution in [0.2, 0.25) is 0 Å². The number of hydrogen-bond acceptors (Lipinski definition) is 6. The van der Waals surface area contributed by atoms with E-state index >= 15 is 0 Å². The third-order valence-corrected chi connectivity index (χ3v) is 3.94. The first-order chi connectivity index (χ1) is 12.2. The van der Waals surface area contributed by atoms with E-state index in [-0.39, 0.29) is 5.75 Å². The highest BCUT2D eigenvalue weighted by Crippen LogP contribution is 2.26. The Hall–Kier alpha value is -1.90. The Labute approximate surface area is 154 Å². The van der Waals surface area contributed by atoms with E-state index in [2.05, 4.69) is 20.7 Å². The zero-order valence-electron chi connectivity index (χ0n) is 14.5. The Morgan fingerprint density at radius 2 is 2.24 bits per heavy atom. The summed E-state index contributed by atoms with van der Waals surface area (Å²) < 4.78 is 10.7. The zero-order chi connectivity index (χ0) is 17.9. The van der Waals surface area contributed by atoms with Crippen LogP contribution in [0.4, 0.5) is 0 Å². The minimum Gasteiger partial charge on any atom is -0.504 e. The zero-order valence-corrected chi connectivity index (χ0v) is 15.3. The molecule has 0 saturated carbocycles. The number of nitrogens with zero attached hydrogens (tertiary/aromatic N) is 2. The van der Waals surface area contributed by atoms with Gasteiger partial charge >= 0.3 is 0 Å². The van der Waals surface area contributed by atoms with Crippen molar-refractivity contribution in [2.45, 2.75) is 13.3 Å². The van der Waals surface area contributed by atoms with Gasteiger partial charge in [0.15, 0.2) is 16.6 Å². The molecule has 0 unspecified atom stereocenters. The van der Waals surface area contributed by atoms with Gasteiger partial charge in [0.05, 0.1) is 26.0 Å². The Morgan fingerprint density at radius 3 is 3.00 bits per heavy atom. The van der Waals surface area contributed by atoms with Gasteiger partial charge in [-0.25, -0.2) is 0 Å². The number of benzene rings is 1. The van der Waals surface area contributed by atoms with Crippen molar-refractivity contribution < 1.29 is 14.6 Å². The molecule has 0 aromatic heterocycles. The van der Waals surface area contributed by atoms with Crippen LogP contribution in [0.3, 0.4) is 0 Å². The lowest BCUT2D eigenvalue weighted by Gasteiger charge is -2.26. The molecule has 138 valence electrons. The number of hydrogen-bond donors (Lipinski definition) is 3. The van der Waals surface area contributed by atoms with Crippen LogP contribution in [0.5, 0.6) is 11.5 Å². The first-order valence-electron chi connectivity index (χ1n) is 8.52. The van der Waals surface area contributed by atoms with Crippen molar-refractivity contribution in [3.63, 3.8) is 0 Å². The fraction of sp³-hybridized carbons (Fsp3) is 0.529. The van der Waals surface area contributed by atoms with Crippen LogP contribution in [-0.2, 0) is 4.74 Å². The standard InChI is InChI=1S/C17H26N4O3S/c1-2-24-16-12-14(4-5-15(16)22)13-19-20-17(25)18-6-3-7-21-8-10-23-11-9-21/h4-5,12-13,22H,2-3,6-11H2,1H3,(H2,18,20,25)/b19-13+. The molecular weight excluding hydrogens is 340 g/mol. The second-order valence-electron chi connectivity index (χ2n) is 5.59. The summed E-state index contributed by atoms with van der Waals surface area (Å²) in [5, 5.41) is 17.4. The molecule has 1 saturated heterocycles. The molecule has 0 radical (unpaired) electrons. The fourth-order valence-corrected chi connectivity index (χ4v) is 2.57. The van der Waals surface area contributed by atoms with Gasteiger partial charge in [0.1, 0.15) is 0 Å². The van der Waals surface area contributed by atoms with Crippen molar-refractivity contribution in [3.05, 3.63) is 23.8 Å². The number of ether oxygens (including phenoxy) is 2. The lowest BCUT2D eigenvalue weighted by molar-refractivity contribution is 0.0376. The summed E-state index contributed by atoms with van der Waals surface area (Å²) in [6, 6.07) is 5.05. The normalized spacial score (nSPS) is 15.2. The maximum Gasteiger partial charge on any atom is 0.186 e. The van der Waals surface area contributed by atoms with E-state index in [1.165, 1.54) is 0 Å². The topological polar surface area (TPSA) is 78.4 Å². The maximum absolute atomic E-state index is 9.67. The van der Waals surface area contributed by atoms with Gasteiger partial charge in [0.2, 0.25) is 0 Å². The average molecular weight is 366 g/mol. The van der Waals surface area contributed by atoms with Crippen LogP contribution >= 0.6 is 12.2 Å². The van der Waals surface area contributed by atoms with Gasteiger partial charge in [-0.15, -0.1) is 0 Å². The largest absolute Gasteiger partial charge is 0.504 e. The minimum atomic E-state index is 0.115. The van der Waals surface area contributed by atoms with Crippen LogP contribution in [0.15, 0.2) is 23.3 Å². The van der Waals surface area contributed by atoms with Crippen molar-refractivity contribution in [2.75, 3.05) is 46.0 Å². The quantitative estimate of drug-likeness (QED) is 0.277. The Bertz CT molecular complexity index is 577. The monoisotopic (exact) mass is 366 g/mol. The van der Waals surface area contributed by atoms with Gasteiger partial charge < -0.3 is 19.9 Å². The molecule has 0 atom stereocenters. The van der Waals surface area contributed by atoms with E-state index in [0.29, 0.717) is 17.5 Å². The smallest absolute Gasteiger partial charge is 0.186 e. The minimum absolute atomic E-state index is 0.115. The summed E-state index contributed by atoms with van der Waals surface area (Å²) in [6.45, 7) is 7.85. The van der Waals surface area contributed by atoms with E-state index < -0.39 is 0 Å². The summed E-state index contributed by atoms with van der Waals surface area (Å²) in [4.78, 5) is 2.39. The molecule has 1 heterocycles. The van der Waals surface area contributed by atoms with Crippen LogP contribution in [0, 0.1) is 0 Å². The summed E-state index contributed by atoms with van der Waals surface area (Å²) >= 11 is 5.19. The lowest BCUT2D eigenvalue weighted by Crippen LogP contribution is -2.39. The van der Waals surface area contributed by atoms with Crippen molar-refractivity contribution in [1.29, 1.82) is 0 Å². The number of hydrazone groups is 1. The molecule has 1 fully saturated rings. The van der Waals surface area contributed by atoms with Crippen molar-refractivity contribution in [2.24, 2.45) is 5.10 Å². The molecule has 7 nitrogen and oxygen atoms in total. The second kappa shape index (κ2) is 10.9. The van der Waals surface area contributed by atoms with Gasteiger partial charge in [-0.05, 0) is 55.9 Å². The number of morpholine rings is 1. The number of phenolic OH excluding ortho intramolecular Hbond substituents is 1. The van der Waals surface area contributed by atoms with E-state index in [1.54, 1.807) is 24.4 Å². The molecule has 8 heteroatoms. The predicted molar refractivity (Wildman–Crippen MR) is 102 cm³/mol. The summed E-state index contributed by atoms with van der Waals surface area (Å²) in [5.74, 6) is 0.555. The molecular formula is C17H26N4O3S. The van der Waals surface area contributed by atoms with Gasteiger partial charge in [0.25, 0.3) is 0 Å². The van der Waals surface area contributed by atoms with Crippen LogP contribution < -0.4 is 15.5 Å². The molecule has 0 spiro atoms. The number of rotatable bonds is 8. The van der Waals surface area contributed by atoms with Crippen LogP contribution in [-0.4, -0.2) is 67.3 Å². The molecule has 1 aliphatic rings. The molecule has 1 aromatic rings. The Morgan fingerprint density at radius 1 is 1.44 bits per heavy atom. The van der Waals surface area contributed by atoms with Crippen LogP contribution in [0.1, 0.15) is 18.9 Å². The van der Waals surface area contributed by atoms with Gasteiger partial charge in [-0.1, -0.05) is 0 Å². The molecule has 25 heavy (non-hydrogen) atoms. The molecule has 0 aliphatic carbocycles. The number of aromatic hydroxyl groups is 1. The average Bonchev–Trinajstić information content (AvgIpc) is 2.62. The number of phenols is 1. The van der Waals surface area contributed by atoms with Crippen molar-refractivity contribution >= 4 is 23.5 Å². The first-order valence-corrected chi connectivity index (χ1v) is 8.92. The molecule has 3 N–H and O–H groups in total. The highest BCUT2D eigenvalue weighted by molar-refractivity contribution is 7.80. The van der Waals surface area contributed by atoms with E-state index in [0.717, 1.165) is 51.4 Å². The Balaban J connectivity index is 1.65. The second-order valence-corrected chi connectivity index (χ2v) is 6.00. The van der Waals surface area contributed by atoms with Crippen molar-refractivity contribution in [3.8, 4) is 11.5 Å². The SMILES string of the molecule is CCOc1cc(/C=N/NC(=S)NCCCN2CCOCC2)ccc1O. The molecule has 1 aliphatic heterocycles. The molecule has 0 bridgehead atoms. The number of nitrogens with one attached hydrogen (secondary N) is 2. The molecule has 2 rings (SSSR count). The lowest BCUT2D eigenvalue weighted by atomic mass is 10.2.